The van der Waals surface area contributed by atoms with Crippen molar-refractivity contribution in [2.75, 3.05) is 20.2 Å². The molecule has 1 aliphatic rings. The Kier molecular flexibility index (Phi) is 7.59. The molecule has 3 heterocycles. The lowest BCUT2D eigenvalue weighted by Crippen LogP contribution is -2.45. The van der Waals surface area contributed by atoms with E-state index in [2.05, 4.69) is 26.2 Å². The maximum atomic E-state index is 12.7. The van der Waals surface area contributed by atoms with E-state index in [1.54, 1.807) is 23.0 Å². The second kappa shape index (κ2) is 10.9. The summed E-state index contributed by atoms with van der Waals surface area (Å²) < 4.78 is 45.8. The molecule has 0 bridgehead atoms. The summed E-state index contributed by atoms with van der Waals surface area (Å²) in [6.45, 7) is 0.134. The van der Waals surface area contributed by atoms with Crippen molar-refractivity contribution in [3.05, 3.63) is 75.7 Å². The van der Waals surface area contributed by atoms with Crippen LogP contribution in [0.5, 0.6) is 0 Å². The molecule has 0 aliphatic carbocycles. The highest BCUT2D eigenvalue weighted by Gasteiger charge is 2.43. The van der Waals surface area contributed by atoms with Crippen LogP contribution in [0, 0.1) is 0 Å². The quantitative estimate of drug-likeness (QED) is 0.239. The number of thiophene rings is 1. The summed E-state index contributed by atoms with van der Waals surface area (Å²) in [6.07, 6.45) is -2.14. The van der Waals surface area contributed by atoms with Crippen LogP contribution in [-0.4, -0.2) is 58.1 Å². The lowest BCUT2D eigenvalue weighted by molar-refractivity contribution is -0.186. The second-order valence-electron chi connectivity index (χ2n) is 9.10. The molecule has 2 aromatic heterocycles. The molecule has 1 saturated heterocycles. The first-order valence-electron chi connectivity index (χ1n) is 12.0. The van der Waals surface area contributed by atoms with Crippen LogP contribution in [0.25, 0.3) is 27.4 Å². The number of benzene rings is 2. The Morgan fingerprint density at radius 3 is 2.36 bits per heavy atom. The highest BCUT2D eigenvalue weighted by atomic mass is 79.9. The minimum absolute atomic E-state index is 0.0548. The molecule has 202 valence electrons. The molecule has 12 heteroatoms. The van der Waals surface area contributed by atoms with Crippen LogP contribution >= 0.6 is 27.3 Å². The van der Waals surface area contributed by atoms with E-state index in [9.17, 15) is 22.8 Å². The number of piperidine rings is 1. The summed E-state index contributed by atoms with van der Waals surface area (Å²) in [6, 6.07) is 16.9. The molecule has 0 saturated carbocycles. The van der Waals surface area contributed by atoms with Crippen LogP contribution in [0.4, 0.5) is 13.2 Å². The van der Waals surface area contributed by atoms with Crippen molar-refractivity contribution in [3.63, 3.8) is 0 Å². The van der Waals surface area contributed by atoms with Crippen LogP contribution < -0.4 is 0 Å². The van der Waals surface area contributed by atoms with Gasteiger partial charge in [-0.2, -0.15) is 13.2 Å². The van der Waals surface area contributed by atoms with E-state index in [4.69, 9.17) is 4.74 Å². The molecular weight excluding hydrogens is 597 g/mol. The summed E-state index contributed by atoms with van der Waals surface area (Å²) in [5, 5.41) is 8.52. The Bertz CT molecular complexity index is 1510. The van der Waals surface area contributed by atoms with Gasteiger partial charge in [0.1, 0.15) is 5.69 Å². The molecule has 4 aromatic rings. The Balaban J connectivity index is 1.38. The number of hydrogen-bond donors (Lipinski definition) is 0. The van der Waals surface area contributed by atoms with Crippen LogP contribution in [0.15, 0.2) is 64.6 Å². The van der Waals surface area contributed by atoms with Gasteiger partial charge in [-0.3, -0.25) is 4.79 Å². The number of ether oxygens (including phenoxy) is 1. The van der Waals surface area contributed by atoms with Crippen molar-refractivity contribution >= 4 is 39.1 Å². The molecule has 7 nitrogen and oxygen atoms in total. The number of carbonyl (C=O) groups is 2. The standard InChI is InChI=1S/C27H22BrF3N4O3S/c1-38-25(36)20-12-19(13-21(14-20)35-15-22(32-33-35)23-6-7-24(28)39-23)17-4-2-16(3-5-17)18-8-10-34(11-9-18)26(37)27(29,30)31/h2-7,12-15,18H,8-11H2,1H3. The van der Waals surface area contributed by atoms with Gasteiger partial charge in [-0.05, 0) is 81.7 Å². The summed E-state index contributed by atoms with van der Waals surface area (Å²) in [5.41, 5.74) is 4.28. The highest BCUT2D eigenvalue weighted by Crippen LogP contribution is 2.33. The lowest BCUT2D eigenvalue weighted by Gasteiger charge is -2.32. The smallest absolute Gasteiger partial charge is 0.465 e. The van der Waals surface area contributed by atoms with E-state index < -0.39 is 18.1 Å². The minimum atomic E-state index is -4.85. The first-order valence-corrected chi connectivity index (χ1v) is 13.6. The number of rotatable bonds is 5. The first-order chi connectivity index (χ1) is 18.6. The van der Waals surface area contributed by atoms with Gasteiger partial charge in [0.2, 0.25) is 0 Å². The van der Waals surface area contributed by atoms with Gasteiger partial charge in [0.05, 0.1) is 33.2 Å². The molecule has 1 fully saturated rings. The number of methoxy groups -OCH3 is 1. The summed E-state index contributed by atoms with van der Waals surface area (Å²) in [4.78, 5) is 25.8. The van der Waals surface area contributed by atoms with Gasteiger partial charge in [0.25, 0.3) is 0 Å². The molecule has 0 atom stereocenters. The predicted octanol–water partition coefficient (Wildman–Crippen LogP) is 6.48. The molecule has 0 N–H and O–H groups in total. The summed E-state index contributed by atoms with van der Waals surface area (Å²) >= 11 is 4.99. The Morgan fingerprint density at radius 2 is 1.74 bits per heavy atom. The van der Waals surface area contributed by atoms with Gasteiger partial charge in [-0.15, -0.1) is 16.4 Å². The molecule has 1 amide bonds. The molecule has 2 aromatic carbocycles. The van der Waals surface area contributed by atoms with Gasteiger partial charge in [0.15, 0.2) is 0 Å². The number of hydrogen-bond acceptors (Lipinski definition) is 6. The normalized spacial score (nSPS) is 14.4. The molecule has 39 heavy (non-hydrogen) atoms. The number of aromatic nitrogens is 3. The molecule has 0 radical (unpaired) electrons. The molecule has 0 unspecified atom stereocenters. The van der Waals surface area contributed by atoms with Gasteiger partial charge < -0.3 is 9.64 Å². The number of likely N-dealkylation sites (tertiary alicyclic amines) is 1. The van der Waals surface area contributed by atoms with E-state index in [1.165, 1.54) is 18.4 Å². The van der Waals surface area contributed by atoms with Gasteiger partial charge in [-0.1, -0.05) is 29.5 Å². The van der Waals surface area contributed by atoms with Gasteiger partial charge in [-0.25, -0.2) is 9.48 Å². The maximum Gasteiger partial charge on any atom is 0.471 e. The van der Waals surface area contributed by atoms with Crippen molar-refractivity contribution < 1.29 is 27.5 Å². The maximum absolute atomic E-state index is 12.7. The summed E-state index contributed by atoms with van der Waals surface area (Å²) in [5.74, 6) is -2.21. The number of carbonyl (C=O) groups excluding carboxylic acids is 2. The van der Waals surface area contributed by atoms with E-state index in [0.29, 0.717) is 29.8 Å². The number of esters is 1. The predicted molar refractivity (Wildman–Crippen MR) is 144 cm³/mol. The zero-order chi connectivity index (χ0) is 27.7. The number of halogens is 4. The molecular formula is C27H22BrF3N4O3S. The third-order valence-corrected chi connectivity index (χ3v) is 8.31. The van der Waals surface area contributed by atoms with Crippen molar-refractivity contribution in [2.45, 2.75) is 24.9 Å². The van der Waals surface area contributed by atoms with Crippen LogP contribution in [0.2, 0.25) is 0 Å². The molecule has 5 rings (SSSR count). The molecule has 0 spiro atoms. The average molecular weight is 619 g/mol. The van der Waals surface area contributed by atoms with E-state index in [1.807, 2.05) is 42.5 Å². The summed E-state index contributed by atoms with van der Waals surface area (Å²) in [7, 11) is 1.32. The fraction of sp³-hybridized carbons (Fsp3) is 0.259. The topological polar surface area (TPSA) is 77.3 Å². The van der Waals surface area contributed by atoms with Crippen LogP contribution in [0.1, 0.15) is 34.7 Å². The Morgan fingerprint density at radius 1 is 1.03 bits per heavy atom. The fourth-order valence-corrected chi connectivity index (χ4v) is 5.98. The highest BCUT2D eigenvalue weighted by molar-refractivity contribution is 9.11. The van der Waals surface area contributed by atoms with Crippen molar-refractivity contribution in [2.24, 2.45) is 0 Å². The third kappa shape index (κ3) is 5.91. The number of nitrogens with zero attached hydrogens (tertiary/aromatic N) is 4. The molecule has 1 aliphatic heterocycles. The first kappa shape index (κ1) is 27.1. The largest absolute Gasteiger partial charge is 0.471 e. The van der Waals surface area contributed by atoms with Crippen LogP contribution in [0.3, 0.4) is 0 Å². The lowest BCUT2D eigenvalue weighted by atomic mass is 9.88. The van der Waals surface area contributed by atoms with E-state index in [0.717, 1.165) is 30.3 Å². The van der Waals surface area contributed by atoms with Crippen LogP contribution in [-0.2, 0) is 9.53 Å². The van der Waals surface area contributed by atoms with Crippen molar-refractivity contribution in [1.29, 1.82) is 0 Å². The Labute approximate surface area is 234 Å². The average Bonchev–Trinajstić information content (AvgIpc) is 3.61. The zero-order valence-corrected chi connectivity index (χ0v) is 23.0. The van der Waals surface area contributed by atoms with E-state index in [-0.39, 0.29) is 19.0 Å². The van der Waals surface area contributed by atoms with Crippen molar-refractivity contribution in [1.82, 2.24) is 19.9 Å². The van der Waals surface area contributed by atoms with Gasteiger partial charge >= 0.3 is 18.1 Å². The van der Waals surface area contributed by atoms with Crippen molar-refractivity contribution in [3.8, 4) is 27.4 Å². The Hall–Kier alpha value is -3.51. The minimum Gasteiger partial charge on any atom is -0.465 e. The van der Waals surface area contributed by atoms with E-state index >= 15 is 0 Å². The fourth-order valence-electron chi connectivity index (χ4n) is 4.64. The number of amides is 1. The SMILES string of the molecule is COC(=O)c1cc(-c2ccc(C3CCN(C(=O)C(F)(F)F)CC3)cc2)cc(-n2cc(-c3ccc(Br)s3)nn2)c1. The number of alkyl halides is 3. The zero-order valence-electron chi connectivity index (χ0n) is 20.6. The van der Waals surface area contributed by atoms with Gasteiger partial charge in [0, 0.05) is 13.1 Å². The monoisotopic (exact) mass is 618 g/mol. The second-order valence-corrected chi connectivity index (χ2v) is 11.6. The third-order valence-electron chi connectivity index (χ3n) is 6.66.